The van der Waals surface area contributed by atoms with Crippen LogP contribution in [0, 0.1) is 5.82 Å². The molecule has 14 heteroatoms. The summed E-state index contributed by atoms with van der Waals surface area (Å²) in [6.07, 6.45) is -9.46. The molecule has 43 heavy (non-hydrogen) atoms. The topological polar surface area (TPSA) is 76.9 Å². The Morgan fingerprint density at radius 3 is 2.12 bits per heavy atom. The van der Waals surface area contributed by atoms with E-state index in [1.165, 1.54) is 39.2 Å². The molecular formula is C29H27ClF7N3O3. The number of carbonyl (C=O) groups is 1. The maximum absolute atomic E-state index is 13.9. The van der Waals surface area contributed by atoms with Crippen LogP contribution in [0.5, 0.6) is 0 Å². The number of carbonyl (C=O) groups excluding carboxylic acids is 1. The van der Waals surface area contributed by atoms with E-state index in [4.69, 9.17) is 11.6 Å². The smallest absolute Gasteiger partial charge is 0.394 e. The number of aliphatic hydroxyl groups is 2. The van der Waals surface area contributed by atoms with Gasteiger partial charge in [0.25, 0.3) is 0 Å². The maximum Gasteiger partial charge on any atom is 0.416 e. The molecule has 1 fully saturated rings. The summed E-state index contributed by atoms with van der Waals surface area (Å²) in [5, 5.41) is 19.9. The number of alkyl halides is 6. The molecule has 1 amide bonds. The van der Waals surface area contributed by atoms with Crippen LogP contribution >= 0.6 is 11.6 Å². The highest BCUT2D eigenvalue weighted by atomic mass is 35.5. The van der Waals surface area contributed by atoms with Crippen LogP contribution in [0.25, 0.3) is 11.1 Å². The third-order valence-corrected chi connectivity index (χ3v) is 7.81. The van der Waals surface area contributed by atoms with Crippen molar-refractivity contribution in [3.63, 3.8) is 0 Å². The summed E-state index contributed by atoms with van der Waals surface area (Å²) in [6.45, 7) is 2.24. The quantitative estimate of drug-likeness (QED) is 0.305. The summed E-state index contributed by atoms with van der Waals surface area (Å²) in [6, 6.07) is 5.51. The van der Waals surface area contributed by atoms with Crippen molar-refractivity contribution in [2.24, 2.45) is 0 Å². The van der Waals surface area contributed by atoms with Crippen molar-refractivity contribution in [1.82, 2.24) is 4.98 Å². The number of halogens is 8. The minimum atomic E-state index is -5.11. The van der Waals surface area contributed by atoms with Crippen molar-refractivity contribution < 1.29 is 45.7 Å². The normalized spacial score (nSPS) is 17.8. The van der Waals surface area contributed by atoms with Gasteiger partial charge in [0.1, 0.15) is 11.6 Å². The molecule has 0 saturated carbocycles. The molecule has 3 aromatic rings. The van der Waals surface area contributed by atoms with E-state index >= 15 is 0 Å². The lowest BCUT2D eigenvalue weighted by molar-refractivity contribution is -0.143. The molecule has 1 aliphatic heterocycles. The highest BCUT2D eigenvalue weighted by Crippen LogP contribution is 2.42. The molecule has 1 aliphatic rings. The highest BCUT2D eigenvalue weighted by molar-refractivity contribution is 6.33. The maximum atomic E-state index is 13.9. The number of aromatic nitrogens is 1. The minimum Gasteiger partial charge on any atom is -0.394 e. The van der Waals surface area contributed by atoms with E-state index in [0.717, 1.165) is 17.0 Å². The number of rotatable bonds is 6. The molecule has 1 saturated heterocycles. The summed E-state index contributed by atoms with van der Waals surface area (Å²) >= 11 is 6.35. The molecule has 2 N–H and O–H groups in total. The van der Waals surface area contributed by atoms with Crippen LogP contribution < -0.4 is 9.80 Å². The molecule has 2 aromatic carbocycles. The Bertz CT molecular complexity index is 1500. The second-order valence-electron chi connectivity index (χ2n) is 10.8. The lowest BCUT2D eigenvalue weighted by Crippen LogP contribution is -2.42. The zero-order valence-electron chi connectivity index (χ0n) is 23.1. The fraction of sp³-hybridized carbons (Fsp3) is 0.379. The van der Waals surface area contributed by atoms with Crippen LogP contribution in [0.15, 0.2) is 48.7 Å². The van der Waals surface area contributed by atoms with E-state index in [1.807, 2.05) is 0 Å². The molecule has 0 spiro atoms. The van der Waals surface area contributed by atoms with Gasteiger partial charge in [-0.25, -0.2) is 9.37 Å². The Morgan fingerprint density at radius 1 is 1.00 bits per heavy atom. The van der Waals surface area contributed by atoms with E-state index in [2.05, 4.69) is 4.98 Å². The fourth-order valence-corrected chi connectivity index (χ4v) is 5.37. The van der Waals surface area contributed by atoms with Crippen LogP contribution in [0.4, 0.5) is 42.2 Å². The SMILES string of the molecule is CN(C(=O)C(C)(C)c1cc(C(F)(F)F)cc(C(F)(F)F)c1)c1cnc(N2C[C@H](O)C[C@H]2CO)cc1-c1ccc(F)cc1Cl. The van der Waals surface area contributed by atoms with Crippen LogP contribution in [-0.4, -0.2) is 53.4 Å². The Balaban J connectivity index is 1.84. The third-order valence-electron chi connectivity index (χ3n) is 7.50. The van der Waals surface area contributed by atoms with Gasteiger partial charge in [0, 0.05) is 24.7 Å². The van der Waals surface area contributed by atoms with Gasteiger partial charge in [-0.05, 0) is 68.3 Å². The van der Waals surface area contributed by atoms with Gasteiger partial charge < -0.3 is 20.0 Å². The predicted molar refractivity (Wildman–Crippen MR) is 146 cm³/mol. The number of hydrogen-bond acceptors (Lipinski definition) is 5. The first-order valence-electron chi connectivity index (χ1n) is 12.9. The van der Waals surface area contributed by atoms with Gasteiger partial charge in [0.2, 0.25) is 5.91 Å². The molecule has 4 rings (SSSR count). The zero-order valence-corrected chi connectivity index (χ0v) is 23.8. The van der Waals surface area contributed by atoms with Crippen molar-refractivity contribution in [3.8, 4) is 11.1 Å². The van der Waals surface area contributed by atoms with E-state index in [-0.39, 0.29) is 53.3 Å². The van der Waals surface area contributed by atoms with Gasteiger partial charge >= 0.3 is 12.4 Å². The number of amides is 1. The number of pyridine rings is 1. The first-order chi connectivity index (χ1) is 19.8. The largest absolute Gasteiger partial charge is 0.416 e. The summed E-state index contributed by atoms with van der Waals surface area (Å²) in [4.78, 5) is 20.9. The number of benzene rings is 2. The Labute approximate surface area is 247 Å². The lowest BCUT2D eigenvalue weighted by atomic mass is 9.81. The monoisotopic (exact) mass is 633 g/mol. The molecule has 232 valence electrons. The molecule has 0 radical (unpaired) electrons. The van der Waals surface area contributed by atoms with Gasteiger partial charge in [-0.1, -0.05) is 11.6 Å². The number of aliphatic hydroxyl groups excluding tert-OH is 2. The van der Waals surface area contributed by atoms with Crippen molar-refractivity contribution in [1.29, 1.82) is 0 Å². The molecule has 0 aliphatic carbocycles. The lowest BCUT2D eigenvalue weighted by Gasteiger charge is -2.32. The van der Waals surface area contributed by atoms with Crippen LogP contribution in [0.2, 0.25) is 5.02 Å². The second kappa shape index (κ2) is 11.6. The first-order valence-corrected chi connectivity index (χ1v) is 13.3. The summed E-state index contributed by atoms with van der Waals surface area (Å²) < 4.78 is 95.2. The van der Waals surface area contributed by atoms with Gasteiger partial charge in [0.05, 0.1) is 52.2 Å². The standard InChI is InChI=1S/C29H27ClF7N3O3/c1-27(2,15-6-16(28(32,33)34)8-17(7-15)29(35,36)37)26(43)39(3)24-12-38-25(40-13-20(42)10-19(40)14-41)11-22(24)21-5-4-18(31)9-23(21)30/h4-9,11-12,19-20,41-42H,10,13-14H2,1-3H3/t19-,20+/m0/s1. The van der Waals surface area contributed by atoms with E-state index in [1.54, 1.807) is 4.90 Å². The first kappa shape index (κ1) is 32.5. The fourth-order valence-electron chi connectivity index (χ4n) is 5.10. The zero-order chi connectivity index (χ0) is 32.1. The number of likely N-dealkylation sites (N-methyl/N-ethyl adjacent to an activating group) is 1. The van der Waals surface area contributed by atoms with Crippen LogP contribution in [-0.2, 0) is 22.6 Å². The van der Waals surface area contributed by atoms with Gasteiger partial charge in [0.15, 0.2) is 0 Å². The number of hydrogen-bond donors (Lipinski definition) is 2. The molecule has 2 heterocycles. The molecule has 0 unspecified atom stereocenters. The summed E-state index contributed by atoms with van der Waals surface area (Å²) in [7, 11) is 1.27. The third kappa shape index (κ3) is 6.58. The molecule has 6 nitrogen and oxygen atoms in total. The molecule has 1 aromatic heterocycles. The van der Waals surface area contributed by atoms with Gasteiger partial charge in [-0.15, -0.1) is 0 Å². The van der Waals surface area contributed by atoms with Gasteiger partial charge in [-0.2, -0.15) is 26.3 Å². The average molecular weight is 634 g/mol. The molecular weight excluding hydrogens is 607 g/mol. The van der Waals surface area contributed by atoms with E-state index < -0.39 is 58.3 Å². The average Bonchev–Trinajstić information content (AvgIpc) is 3.31. The number of β-amino-alcohol motifs (C(OH)–C–C–N with tert-alkyl or cyclic N) is 1. The van der Waals surface area contributed by atoms with Crippen molar-refractivity contribution in [2.45, 2.75) is 50.2 Å². The van der Waals surface area contributed by atoms with Crippen molar-refractivity contribution >= 4 is 29.0 Å². The minimum absolute atomic E-state index is 0.0139. The Hall–Kier alpha value is -3.42. The molecule has 0 bridgehead atoms. The number of nitrogens with zero attached hydrogens (tertiary/aromatic N) is 3. The van der Waals surface area contributed by atoms with E-state index in [0.29, 0.717) is 12.1 Å². The summed E-state index contributed by atoms with van der Waals surface area (Å²) in [5.74, 6) is -1.25. The van der Waals surface area contributed by atoms with Crippen molar-refractivity contribution in [2.75, 3.05) is 30.0 Å². The van der Waals surface area contributed by atoms with Gasteiger partial charge in [-0.3, -0.25) is 4.79 Å². The predicted octanol–water partition coefficient (Wildman–Crippen LogP) is 6.45. The van der Waals surface area contributed by atoms with Crippen LogP contribution in [0.1, 0.15) is 37.0 Å². The number of anilines is 2. The summed E-state index contributed by atoms with van der Waals surface area (Å²) in [5.41, 5.74) is -4.99. The highest BCUT2D eigenvalue weighted by Gasteiger charge is 2.41. The molecule has 2 atom stereocenters. The Morgan fingerprint density at radius 2 is 1.58 bits per heavy atom. The second-order valence-corrected chi connectivity index (χ2v) is 11.3. The van der Waals surface area contributed by atoms with Crippen molar-refractivity contribution in [3.05, 3.63) is 76.2 Å². The van der Waals surface area contributed by atoms with Crippen LogP contribution in [0.3, 0.4) is 0 Å². The van der Waals surface area contributed by atoms with E-state index in [9.17, 15) is 45.7 Å². The Kier molecular flexibility index (Phi) is 8.75.